The highest BCUT2D eigenvalue weighted by atomic mass is 32.2. The maximum absolute atomic E-state index is 12.5. The number of hydrogen-bond donors (Lipinski definition) is 1. The third kappa shape index (κ3) is 6.59. The van der Waals surface area contributed by atoms with E-state index < -0.39 is 28.3 Å². The Kier molecular flexibility index (Phi) is 7.59. The number of ether oxygens (including phenoxy) is 1. The molecule has 2 rings (SSSR count). The van der Waals surface area contributed by atoms with Crippen LogP contribution in [0, 0.1) is 12.8 Å². The van der Waals surface area contributed by atoms with E-state index in [1.807, 2.05) is 26.8 Å². The summed E-state index contributed by atoms with van der Waals surface area (Å²) in [5, 5.41) is 2.46. The maximum atomic E-state index is 12.5. The number of amides is 2. The number of rotatable bonds is 8. The fraction of sp³-hybridized carbons (Fsp3) is 0.611. The van der Waals surface area contributed by atoms with E-state index in [1.165, 1.54) is 16.2 Å². The third-order valence-corrected chi connectivity index (χ3v) is 7.00. The van der Waals surface area contributed by atoms with Crippen LogP contribution in [0.4, 0.5) is 0 Å². The van der Waals surface area contributed by atoms with Crippen LogP contribution in [0.2, 0.25) is 0 Å². The molecule has 2 heterocycles. The molecule has 0 bridgehead atoms. The molecule has 0 aliphatic carbocycles. The van der Waals surface area contributed by atoms with Gasteiger partial charge in [0.05, 0.1) is 16.4 Å². The molecule has 28 heavy (non-hydrogen) atoms. The normalized spacial score (nSPS) is 18.1. The summed E-state index contributed by atoms with van der Waals surface area (Å²) in [5.41, 5.74) is 0. The summed E-state index contributed by atoms with van der Waals surface area (Å²) in [7, 11) is -3.13. The summed E-state index contributed by atoms with van der Waals surface area (Å²) in [6.07, 6.45) is 0.394. The molecule has 8 nitrogen and oxygen atoms in total. The first-order valence-corrected chi connectivity index (χ1v) is 11.7. The largest absolute Gasteiger partial charge is 0.454 e. The Hall–Kier alpha value is -1.94. The summed E-state index contributed by atoms with van der Waals surface area (Å²) in [6, 6.07) is 3.09. The predicted molar refractivity (Wildman–Crippen MR) is 106 cm³/mol. The molecule has 1 N–H and O–H groups in total. The van der Waals surface area contributed by atoms with Gasteiger partial charge in [-0.15, -0.1) is 11.3 Å². The molecule has 10 heteroatoms. The zero-order chi connectivity index (χ0) is 20.9. The van der Waals surface area contributed by atoms with Gasteiger partial charge in [-0.1, -0.05) is 13.8 Å². The lowest BCUT2D eigenvalue weighted by molar-refractivity contribution is -0.152. The van der Waals surface area contributed by atoms with Crippen molar-refractivity contribution in [2.45, 2.75) is 33.2 Å². The minimum absolute atomic E-state index is 0.0598. The smallest absolute Gasteiger partial charge is 0.325 e. The fourth-order valence-electron chi connectivity index (χ4n) is 2.94. The topological polar surface area (TPSA) is 110 Å². The first-order valence-electron chi connectivity index (χ1n) is 9.07. The van der Waals surface area contributed by atoms with E-state index in [0.29, 0.717) is 17.8 Å². The van der Waals surface area contributed by atoms with Crippen molar-refractivity contribution in [2.75, 3.05) is 31.2 Å². The van der Waals surface area contributed by atoms with Crippen molar-refractivity contribution in [2.24, 2.45) is 5.92 Å². The molecule has 1 aliphatic rings. The van der Waals surface area contributed by atoms with Crippen molar-refractivity contribution in [3.8, 4) is 0 Å². The number of esters is 1. The van der Waals surface area contributed by atoms with E-state index in [4.69, 9.17) is 4.74 Å². The maximum Gasteiger partial charge on any atom is 0.325 e. The van der Waals surface area contributed by atoms with Gasteiger partial charge in [-0.3, -0.25) is 14.4 Å². The monoisotopic (exact) mass is 430 g/mol. The molecular formula is C18H26N2O6S2. The number of thiophene rings is 1. The summed E-state index contributed by atoms with van der Waals surface area (Å²) >= 11 is 1.32. The first-order chi connectivity index (χ1) is 13.1. The third-order valence-electron chi connectivity index (χ3n) is 4.25. The number of nitrogens with zero attached hydrogens (tertiary/aromatic N) is 1. The molecule has 0 saturated carbocycles. The van der Waals surface area contributed by atoms with E-state index in [2.05, 4.69) is 5.32 Å². The highest BCUT2D eigenvalue weighted by Gasteiger charge is 2.35. The van der Waals surface area contributed by atoms with Crippen molar-refractivity contribution in [3.63, 3.8) is 0 Å². The molecule has 0 radical (unpaired) electrons. The molecule has 1 atom stereocenters. The standard InChI is InChI=1S/C18H26N2O6S2/c1-12(2)9-20(14-6-7-28(24,25)11-14)16(21)10-26-17(22)8-19-18(23)15-5-4-13(3)27-15/h4-5,12,14H,6-11H2,1-3H3,(H,19,23). The van der Waals surface area contributed by atoms with Crippen molar-refractivity contribution in [1.82, 2.24) is 10.2 Å². The second-order valence-corrected chi connectivity index (χ2v) is 10.8. The average molecular weight is 431 g/mol. The Bertz CT molecular complexity index is 831. The highest BCUT2D eigenvalue weighted by molar-refractivity contribution is 7.91. The van der Waals surface area contributed by atoms with E-state index in [1.54, 1.807) is 6.07 Å². The van der Waals surface area contributed by atoms with Gasteiger partial charge in [-0.25, -0.2) is 8.42 Å². The molecule has 1 aliphatic heterocycles. The van der Waals surface area contributed by atoms with Gasteiger partial charge >= 0.3 is 5.97 Å². The molecule has 0 spiro atoms. The molecule has 0 aromatic carbocycles. The highest BCUT2D eigenvalue weighted by Crippen LogP contribution is 2.19. The molecule has 2 amide bonds. The van der Waals surface area contributed by atoms with Crippen LogP contribution in [0.15, 0.2) is 12.1 Å². The van der Waals surface area contributed by atoms with Crippen LogP contribution in [-0.2, 0) is 24.2 Å². The van der Waals surface area contributed by atoms with Crippen molar-refractivity contribution < 1.29 is 27.5 Å². The zero-order valence-corrected chi connectivity index (χ0v) is 17.9. The fourth-order valence-corrected chi connectivity index (χ4v) is 5.46. The van der Waals surface area contributed by atoms with Gasteiger partial charge in [0.2, 0.25) is 0 Å². The van der Waals surface area contributed by atoms with Gasteiger partial charge in [0, 0.05) is 17.5 Å². The lowest BCUT2D eigenvalue weighted by Crippen LogP contribution is -2.45. The van der Waals surface area contributed by atoms with E-state index in [9.17, 15) is 22.8 Å². The van der Waals surface area contributed by atoms with Crippen LogP contribution >= 0.6 is 11.3 Å². The van der Waals surface area contributed by atoms with Gasteiger partial charge in [0.1, 0.15) is 6.54 Å². The van der Waals surface area contributed by atoms with Crippen LogP contribution in [0.5, 0.6) is 0 Å². The predicted octanol–water partition coefficient (Wildman–Crippen LogP) is 1.00. The number of aryl methyl sites for hydroxylation is 1. The van der Waals surface area contributed by atoms with Gasteiger partial charge in [-0.05, 0) is 31.4 Å². The summed E-state index contributed by atoms with van der Waals surface area (Å²) in [4.78, 5) is 39.3. The molecule has 1 fully saturated rings. The Morgan fingerprint density at radius 1 is 1.32 bits per heavy atom. The van der Waals surface area contributed by atoms with Crippen LogP contribution in [0.3, 0.4) is 0 Å². The Morgan fingerprint density at radius 3 is 2.57 bits per heavy atom. The lowest BCUT2D eigenvalue weighted by Gasteiger charge is -2.29. The Morgan fingerprint density at radius 2 is 2.04 bits per heavy atom. The second-order valence-electron chi connectivity index (χ2n) is 7.25. The Labute approximate surface area is 169 Å². The quantitative estimate of drug-likeness (QED) is 0.616. The average Bonchev–Trinajstić information content (AvgIpc) is 3.20. The minimum atomic E-state index is -3.13. The van der Waals surface area contributed by atoms with Gasteiger partial charge in [0.25, 0.3) is 11.8 Å². The molecule has 1 saturated heterocycles. The van der Waals surface area contributed by atoms with Crippen molar-refractivity contribution in [3.05, 3.63) is 21.9 Å². The summed E-state index contributed by atoms with van der Waals surface area (Å²) in [5.74, 6) is -1.37. The summed E-state index contributed by atoms with van der Waals surface area (Å²) < 4.78 is 28.4. The van der Waals surface area contributed by atoms with Gasteiger partial charge in [0.15, 0.2) is 16.4 Å². The number of nitrogens with one attached hydrogen (secondary N) is 1. The SMILES string of the molecule is Cc1ccc(C(=O)NCC(=O)OCC(=O)N(CC(C)C)C2CCS(=O)(=O)C2)s1. The number of carbonyl (C=O) groups excluding carboxylic acids is 3. The number of carbonyl (C=O) groups is 3. The van der Waals surface area contributed by atoms with Crippen molar-refractivity contribution >= 4 is 39.0 Å². The second kappa shape index (κ2) is 9.51. The first kappa shape index (κ1) is 22.4. The van der Waals surface area contributed by atoms with Crippen molar-refractivity contribution in [1.29, 1.82) is 0 Å². The number of hydrogen-bond acceptors (Lipinski definition) is 7. The van der Waals surface area contributed by atoms with E-state index >= 15 is 0 Å². The molecule has 156 valence electrons. The minimum Gasteiger partial charge on any atom is -0.454 e. The van der Waals surface area contributed by atoms with E-state index in [0.717, 1.165) is 4.88 Å². The van der Waals surface area contributed by atoms with Gasteiger partial charge < -0.3 is 15.0 Å². The summed E-state index contributed by atoms with van der Waals surface area (Å²) in [6.45, 7) is 5.31. The van der Waals surface area contributed by atoms with Crippen LogP contribution < -0.4 is 5.32 Å². The molecule has 1 aromatic rings. The van der Waals surface area contributed by atoms with Crippen LogP contribution in [0.1, 0.15) is 34.8 Å². The van der Waals surface area contributed by atoms with Gasteiger partial charge in [-0.2, -0.15) is 0 Å². The van der Waals surface area contributed by atoms with Crippen LogP contribution in [0.25, 0.3) is 0 Å². The van der Waals surface area contributed by atoms with Crippen LogP contribution in [-0.4, -0.2) is 68.3 Å². The molecule has 1 unspecified atom stereocenters. The molecular weight excluding hydrogens is 404 g/mol. The molecule has 1 aromatic heterocycles. The zero-order valence-electron chi connectivity index (χ0n) is 16.3. The van der Waals surface area contributed by atoms with E-state index in [-0.39, 0.29) is 35.9 Å². The lowest BCUT2D eigenvalue weighted by atomic mass is 10.1. The number of sulfone groups is 1. The Balaban J connectivity index is 1.83.